The summed E-state index contributed by atoms with van der Waals surface area (Å²) in [6.07, 6.45) is 4.52. The molecule has 0 aliphatic carbocycles. The highest BCUT2D eigenvalue weighted by molar-refractivity contribution is 6.11. The molecule has 1 N–H and O–H groups in total. The van der Waals surface area contributed by atoms with Gasteiger partial charge in [0.2, 0.25) is 5.89 Å². The molecule has 1 aliphatic heterocycles. The first kappa shape index (κ1) is 16.2. The third-order valence-corrected chi connectivity index (χ3v) is 5.18. The van der Waals surface area contributed by atoms with Gasteiger partial charge in [-0.3, -0.25) is 0 Å². The van der Waals surface area contributed by atoms with Crippen molar-refractivity contribution in [3.8, 4) is 0 Å². The van der Waals surface area contributed by atoms with Crippen LogP contribution in [0.15, 0.2) is 29.0 Å². The van der Waals surface area contributed by atoms with Crippen molar-refractivity contribution >= 4 is 27.8 Å². The molecule has 138 valence electrons. The van der Waals surface area contributed by atoms with Crippen LogP contribution in [0.5, 0.6) is 0 Å². The van der Waals surface area contributed by atoms with E-state index in [1.807, 2.05) is 6.92 Å². The average Bonchev–Trinajstić information content (AvgIpc) is 3.24. The number of anilines is 1. The lowest BCUT2D eigenvalue weighted by Gasteiger charge is -2.33. The molecule has 1 fully saturated rings. The Morgan fingerprint density at radius 1 is 1.33 bits per heavy atom. The van der Waals surface area contributed by atoms with Gasteiger partial charge in [0.1, 0.15) is 23.6 Å². The molecule has 3 aromatic heterocycles. The minimum absolute atomic E-state index is 0.267. The predicted molar refractivity (Wildman–Crippen MR) is 99.0 cm³/mol. The molecule has 0 bridgehead atoms. The number of fused-ring (bicyclic) bond motifs is 3. The summed E-state index contributed by atoms with van der Waals surface area (Å²) in [5.74, 6) is 2.41. The first-order chi connectivity index (χ1) is 13.2. The van der Waals surface area contributed by atoms with Crippen LogP contribution >= 0.6 is 0 Å². The van der Waals surface area contributed by atoms with E-state index in [9.17, 15) is 4.39 Å². The second-order valence-corrected chi connectivity index (χ2v) is 7.13. The topological polar surface area (TPSA) is 83.7 Å². The number of rotatable bonds is 3. The molecule has 0 radical (unpaired) electrons. The quantitative estimate of drug-likeness (QED) is 0.598. The molecule has 1 aromatic carbocycles. The van der Waals surface area contributed by atoms with Crippen molar-refractivity contribution in [1.82, 2.24) is 25.1 Å². The number of H-pyrrole nitrogens is 1. The van der Waals surface area contributed by atoms with Crippen LogP contribution in [0.1, 0.15) is 24.6 Å². The highest BCUT2D eigenvalue weighted by Crippen LogP contribution is 2.33. The van der Waals surface area contributed by atoms with Gasteiger partial charge in [-0.1, -0.05) is 5.16 Å². The van der Waals surface area contributed by atoms with Crippen LogP contribution in [0.4, 0.5) is 10.2 Å². The van der Waals surface area contributed by atoms with Crippen molar-refractivity contribution in [2.45, 2.75) is 26.2 Å². The summed E-state index contributed by atoms with van der Waals surface area (Å²) in [7, 11) is 0. The second-order valence-electron chi connectivity index (χ2n) is 7.13. The standard InChI is InChI=1S/C19H19FN6O/c1-11-23-16(27-25-11)7-12-3-2-6-26(9-12)19-17-14-5-4-13(20)8-15(14)24-18(17)21-10-22-19/h4-5,8,10,12H,2-3,6-7,9H2,1H3,(H,21,22,24). The monoisotopic (exact) mass is 366 g/mol. The fraction of sp³-hybridized carbons (Fsp3) is 0.368. The Morgan fingerprint density at radius 2 is 2.26 bits per heavy atom. The Balaban J connectivity index is 1.50. The van der Waals surface area contributed by atoms with E-state index in [4.69, 9.17) is 4.52 Å². The summed E-state index contributed by atoms with van der Waals surface area (Å²) in [6.45, 7) is 3.62. The summed E-state index contributed by atoms with van der Waals surface area (Å²) < 4.78 is 18.9. The molecule has 5 rings (SSSR count). The van der Waals surface area contributed by atoms with E-state index >= 15 is 0 Å². The van der Waals surface area contributed by atoms with Gasteiger partial charge in [0.15, 0.2) is 5.82 Å². The summed E-state index contributed by atoms with van der Waals surface area (Å²) in [5.41, 5.74) is 1.47. The van der Waals surface area contributed by atoms with Crippen molar-refractivity contribution in [2.75, 3.05) is 18.0 Å². The lowest BCUT2D eigenvalue weighted by Crippen LogP contribution is -2.37. The van der Waals surface area contributed by atoms with Crippen molar-refractivity contribution < 1.29 is 8.91 Å². The fourth-order valence-corrected chi connectivity index (χ4v) is 4.02. The van der Waals surface area contributed by atoms with Crippen molar-refractivity contribution in [1.29, 1.82) is 0 Å². The van der Waals surface area contributed by atoms with Gasteiger partial charge < -0.3 is 14.4 Å². The Labute approximate surface area is 154 Å². The maximum absolute atomic E-state index is 13.6. The van der Waals surface area contributed by atoms with Crippen LogP contribution in [0.3, 0.4) is 0 Å². The van der Waals surface area contributed by atoms with Gasteiger partial charge in [-0.15, -0.1) is 0 Å². The molecule has 27 heavy (non-hydrogen) atoms. The van der Waals surface area contributed by atoms with Gasteiger partial charge in [-0.25, -0.2) is 14.4 Å². The zero-order chi connectivity index (χ0) is 18.4. The molecular formula is C19H19FN6O. The van der Waals surface area contributed by atoms with Crippen LogP contribution in [-0.2, 0) is 6.42 Å². The Morgan fingerprint density at radius 3 is 3.11 bits per heavy atom. The van der Waals surface area contributed by atoms with E-state index < -0.39 is 0 Å². The minimum atomic E-state index is -0.267. The molecule has 7 nitrogen and oxygen atoms in total. The van der Waals surface area contributed by atoms with Gasteiger partial charge in [-0.2, -0.15) is 4.98 Å². The maximum atomic E-state index is 13.6. The first-order valence-electron chi connectivity index (χ1n) is 9.13. The summed E-state index contributed by atoms with van der Waals surface area (Å²) >= 11 is 0. The van der Waals surface area contributed by atoms with E-state index in [1.54, 1.807) is 12.4 Å². The largest absolute Gasteiger partial charge is 0.356 e. The van der Waals surface area contributed by atoms with Crippen LogP contribution in [0.2, 0.25) is 0 Å². The third-order valence-electron chi connectivity index (χ3n) is 5.18. The maximum Gasteiger partial charge on any atom is 0.226 e. The molecule has 1 atom stereocenters. The molecule has 0 amide bonds. The number of aromatic nitrogens is 5. The Bertz CT molecular complexity index is 1120. The number of benzene rings is 1. The van der Waals surface area contributed by atoms with E-state index in [0.29, 0.717) is 17.6 Å². The molecule has 1 aliphatic rings. The van der Waals surface area contributed by atoms with Gasteiger partial charge >= 0.3 is 0 Å². The van der Waals surface area contributed by atoms with Crippen molar-refractivity contribution in [3.63, 3.8) is 0 Å². The zero-order valence-corrected chi connectivity index (χ0v) is 14.9. The lowest BCUT2D eigenvalue weighted by molar-refractivity contribution is 0.328. The number of hydrogen-bond acceptors (Lipinski definition) is 6. The Kier molecular flexibility index (Phi) is 3.77. The molecular weight excluding hydrogens is 347 g/mol. The number of aryl methyl sites for hydroxylation is 1. The normalized spacial score (nSPS) is 17.9. The second kappa shape index (κ2) is 6.29. The third kappa shape index (κ3) is 2.90. The van der Waals surface area contributed by atoms with E-state index in [-0.39, 0.29) is 5.82 Å². The number of piperidine rings is 1. The molecule has 0 spiro atoms. The van der Waals surface area contributed by atoms with Crippen molar-refractivity contribution in [2.24, 2.45) is 5.92 Å². The van der Waals surface area contributed by atoms with Gasteiger partial charge in [0.05, 0.1) is 10.9 Å². The molecule has 4 aromatic rings. The van der Waals surface area contributed by atoms with Crippen LogP contribution in [0, 0.1) is 18.7 Å². The van der Waals surface area contributed by atoms with Crippen LogP contribution in [0.25, 0.3) is 21.9 Å². The zero-order valence-electron chi connectivity index (χ0n) is 14.9. The SMILES string of the molecule is Cc1noc(CC2CCCN(c3ncnc4[nH]c5cc(F)ccc5c34)C2)n1. The molecule has 8 heteroatoms. The number of aromatic amines is 1. The van der Waals surface area contributed by atoms with Gasteiger partial charge in [-0.05, 0) is 43.9 Å². The van der Waals surface area contributed by atoms with E-state index in [1.165, 1.54) is 12.1 Å². The lowest BCUT2D eigenvalue weighted by atomic mass is 9.94. The first-order valence-corrected chi connectivity index (χ1v) is 9.13. The summed E-state index contributed by atoms with van der Waals surface area (Å²) in [6, 6.07) is 4.76. The number of halogens is 1. The fourth-order valence-electron chi connectivity index (χ4n) is 4.02. The smallest absolute Gasteiger partial charge is 0.226 e. The minimum Gasteiger partial charge on any atom is -0.356 e. The highest BCUT2D eigenvalue weighted by atomic mass is 19.1. The summed E-state index contributed by atoms with van der Waals surface area (Å²) in [4.78, 5) is 18.7. The number of nitrogens with one attached hydrogen (secondary N) is 1. The molecule has 1 saturated heterocycles. The molecule has 1 unspecified atom stereocenters. The Hall–Kier alpha value is -3.03. The van der Waals surface area contributed by atoms with Crippen LogP contribution < -0.4 is 4.90 Å². The summed E-state index contributed by atoms with van der Waals surface area (Å²) in [5, 5.41) is 5.77. The van der Waals surface area contributed by atoms with Gasteiger partial charge in [0, 0.05) is 24.9 Å². The molecule has 4 heterocycles. The number of hydrogen-bond donors (Lipinski definition) is 1. The van der Waals surface area contributed by atoms with Gasteiger partial charge in [0.25, 0.3) is 0 Å². The average molecular weight is 366 g/mol. The van der Waals surface area contributed by atoms with Crippen molar-refractivity contribution in [3.05, 3.63) is 42.1 Å². The van der Waals surface area contributed by atoms with Crippen LogP contribution in [-0.4, -0.2) is 38.2 Å². The molecule has 0 saturated carbocycles. The number of nitrogens with zero attached hydrogens (tertiary/aromatic N) is 5. The van der Waals surface area contributed by atoms with E-state index in [0.717, 1.165) is 60.1 Å². The predicted octanol–water partition coefficient (Wildman–Crippen LogP) is 3.40. The highest BCUT2D eigenvalue weighted by Gasteiger charge is 2.25. The van der Waals surface area contributed by atoms with E-state index in [2.05, 4.69) is 30.0 Å².